The zero-order chi connectivity index (χ0) is 10.8. The molecule has 0 radical (unpaired) electrons. The van der Waals surface area contributed by atoms with Crippen molar-refractivity contribution in [3.8, 4) is 0 Å². The number of aliphatic hydroxyl groups is 1. The normalized spacial score (nSPS) is 16.1. The van der Waals surface area contributed by atoms with Gasteiger partial charge in [-0.25, -0.2) is 0 Å². The number of hydrogen-bond acceptors (Lipinski definition) is 2. The summed E-state index contributed by atoms with van der Waals surface area (Å²) >= 11 is 5.88. The third-order valence-corrected chi connectivity index (χ3v) is 2.82. The molecule has 15 heavy (non-hydrogen) atoms. The van der Waals surface area contributed by atoms with E-state index in [4.69, 9.17) is 11.6 Å². The minimum atomic E-state index is -0.0731. The smallest absolute Gasteiger partial charge is 0.227 e. The minimum Gasteiger partial charge on any atom is -0.392 e. The number of amides is 1. The maximum Gasteiger partial charge on any atom is 0.227 e. The number of nitrogens with zero attached hydrogens (tertiary/aromatic N) is 1. The molecule has 0 unspecified atom stereocenters. The summed E-state index contributed by atoms with van der Waals surface area (Å²) < 4.78 is 0. The lowest BCUT2D eigenvalue weighted by Crippen LogP contribution is -2.24. The summed E-state index contributed by atoms with van der Waals surface area (Å²) in [6, 6.07) is 5.21. The third kappa shape index (κ3) is 1.98. The third-order valence-electron chi connectivity index (χ3n) is 2.58. The predicted molar refractivity (Wildman–Crippen MR) is 59.0 cm³/mol. The number of halogens is 1. The molecule has 0 aliphatic carbocycles. The molecular formula is C11H12ClNO2. The molecular weight excluding hydrogens is 214 g/mol. The topological polar surface area (TPSA) is 40.5 Å². The van der Waals surface area contributed by atoms with Crippen molar-refractivity contribution in [1.29, 1.82) is 0 Å². The zero-order valence-corrected chi connectivity index (χ0v) is 9.00. The number of anilines is 1. The Kier molecular flexibility index (Phi) is 2.93. The molecule has 3 nitrogen and oxygen atoms in total. The van der Waals surface area contributed by atoms with Gasteiger partial charge in [-0.3, -0.25) is 4.79 Å². The largest absolute Gasteiger partial charge is 0.392 e. The van der Waals surface area contributed by atoms with Crippen molar-refractivity contribution in [1.82, 2.24) is 0 Å². The fourth-order valence-electron chi connectivity index (χ4n) is 1.82. The average molecular weight is 226 g/mol. The summed E-state index contributed by atoms with van der Waals surface area (Å²) in [7, 11) is 0. The van der Waals surface area contributed by atoms with Gasteiger partial charge in [0.15, 0.2) is 0 Å². The Morgan fingerprint density at radius 1 is 1.47 bits per heavy atom. The van der Waals surface area contributed by atoms with Crippen LogP contribution >= 0.6 is 11.6 Å². The highest BCUT2D eigenvalue weighted by Gasteiger charge is 2.23. The maximum absolute atomic E-state index is 11.6. The van der Waals surface area contributed by atoms with Crippen LogP contribution in [-0.4, -0.2) is 17.6 Å². The Labute approximate surface area is 93.3 Å². The number of carbonyl (C=O) groups is 1. The number of hydrogen-bond donors (Lipinski definition) is 1. The highest BCUT2D eigenvalue weighted by Crippen LogP contribution is 2.28. The van der Waals surface area contributed by atoms with Gasteiger partial charge in [-0.2, -0.15) is 0 Å². The van der Waals surface area contributed by atoms with E-state index in [9.17, 15) is 9.90 Å². The summed E-state index contributed by atoms with van der Waals surface area (Å²) in [4.78, 5) is 13.2. The van der Waals surface area contributed by atoms with Gasteiger partial charge >= 0.3 is 0 Å². The van der Waals surface area contributed by atoms with Crippen LogP contribution in [0.2, 0.25) is 5.02 Å². The monoisotopic (exact) mass is 225 g/mol. The first-order chi connectivity index (χ1) is 7.22. The molecule has 1 N–H and O–H groups in total. The lowest BCUT2D eigenvalue weighted by Gasteiger charge is -2.19. The number of benzene rings is 1. The van der Waals surface area contributed by atoms with Crippen LogP contribution in [0.4, 0.5) is 5.69 Å². The van der Waals surface area contributed by atoms with E-state index in [0.717, 1.165) is 17.7 Å². The van der Waals surface area contributed by atoms with E-state index in [1.54, 1.807) is 23.1 Å². The molecule has 1 aromatic rings. The molecule has 0 atom stereocenters. The summed E-state index contributed by atoms with van der Waals surface area (Å²) in [6.45, 7) is 0.641. The Hall–Kier alpha value is -1.06. The zero-order valence-electron chi connectivity index (χ0n) is 8.24. The molecule has 0 spiro atoms. The van der Waals surface area contributed by atoms with E-state index < -0.39 is 0 Å². The molecule has 1 saturated heterocycles. The lowest BCUT2D eigenvalue weighted by molar-refractivity contribution is -0.117. The van der Waals surface area contributed by atoms with Crippen molar-refractivity contribution in [2.75, 3.05) is 11.4 Å². The second-order valence-corrected chi connectivity index (χ2v) is 4.02. The van der Waals surface area contributed by atoms with E-state index in [0.29, 0.717) is 18.0 Å². The van der Waals surface area contributed by atoms with Crippen LogP contribution in [0.3, 0.4) is 0 Å². The van der Waals surface area contributed by atoms with Crippen molar-refractivity contribution >= 4 is 23.2 Å². The van der Waals surface area contributed by atoms with Crippen molar-refractivity contribution in [3.05, 3.63) is 28.8 Å². The molecule has 4 heteroatoms. The summed E-state index contributed by atoms with van der Waals surface area (Å²) in [6.07, 6.45) is 1.45. The first-order valence-electron chi connectivity index (χ1n) is 4.92. The maximum atomic E-state index is 11.6. The van der Waals surface area contributed by atoms with Gasteiger partial charge < -0.3 is 10.0 Å². The fourth-order valence-corrected chi connectivity index (χ4v) is 1.99. The molecule has 80 valence electrons. The van der Waals surface area contributed by atoms with Crippen LogP contribution in [0.1, 0.15) is 18.4 Å². The van der Waals surface area contributed by atoms with Gasteiger partial charge in [0.05, 0.1) is 12.3 Å². The van der Waals surface area contributed by atoms with Gasteiger partial charge in [0.1, 0.15) is 0 Å². The number of rotatable bonds is 2. The summed E-state index contributed by atoms with van der Waals surface area (Å²) in [5.41, 5.74) is 1.49. The molecule has 2 rings (SSSR count). The van der Waals surface area contributed by atoms with Gasteiger partial charge in [0, 0.05) is 23.6 Å². The fraction of sp³-hybridized carbons (Fsp3) is 0.364. The predicted octanol–water partition coefficient (Wildman–Crippen LogP) is 1.96. The van der Waals surface area contributed by atoms with Crippen molar-refractivity contribution < 1.29 is 9.90 Å². The Balaban J connectivity index is 2.40. The van der Waals surface area contributed by atoms with E-state index >= 15 is 0 Å². The van der Waals surface area contributed by atoms with Crippen molar-refractivity contribution in [2.24, 2.45) is 0 Å². The van der Waals surface area contributed by atoms with Gasteiger partial charge in [-0.15, -0.1) is 0 Å². The second kappa shape index (κ2) is 4.21. The van der Waals surface area contributed by atoms with Gasteiger partial charge in [0.2, 0.25) is 5.91 Å². The van der Waals surface area contributed by atoms with Crippen LogP contribution < -0.4 is 4.90 Å². The van der Waals surface area contributed by atoms with Crippen molar-refractivity contribution in [2.45, 2.75) is 19.4 Å². The van der Waals surface area contributed by atoms with E-state index in [2.05, 4.69) is 0 Å². The molecule has 0 aromatic heterocycles. The van der Waals surface area contributed by atoms with Gasteiger partial charge in [-0.1, -0.05) is 17.7 Å². The summed E-state index contributed by atoms with van der Waals surface area (Å²) in [5, 5.41) is 9.76. The SMILES string of the molecule is O=C1CCCN1c1cc(Cl)ccc1CO. The number of aliphatic hydroxyl groups excluding tert-OH is 1. The Morgan fingerprint density at radius 2 is 2.27 bits per heavy atom. The van der Waals surface area contributed by atoms with Crippen LogP contribution in [-0.2, 0) is 11.4 Å². The van der Waals surface area contributed by atoms with Crippen LogP contribution in [0.5, 0.6) is 0 Å². The Morgan fingerprint density at radius 3 is 2.87 bits per heavy atom. The standard InChI is InChI=1S/C11H12ClNO2/c12-9-4-3-8(7-14)10(6-9)13-5-1-2-11(13)15/h3-4,6,14H,1-2,5,7H2. The van der Waals surface area contributed by atoms with Gasteiger partial charge in [0.25, 0.3) is 0 Å². The Bertz CT molecular complexity index is 392. The van der Waals surface area contributed by atoms with E-state index in [-0.39, 0.29) is 12.5 Å². The first kappa shape index (κ1) is 10.5. The summed E-state index contributed by atoms with van der Waals surface area (Å²) in [5.74, 6) is 0.104. The molecule has 1 fully saturated rings. The molecule has 1 aliphatic heterocycles. The molecule has 1 aliphatic rings. The van der Waals surface area contributed by atoms with E-state index in [1.807, 2.05) is 0 Å². The minimum absolute atomic E-state index is 0.0731. The lowest BCUT2D eigenvalue weighted by atomic mass is 10.1. The number of carbonyl (C=O) groups excluding carboxylic acids is 1. The molecule has 1 heterocycles. The average Bonchev–Trinajstić information content (AvgIpc) is 2.64. The van der Waals surface area contributed by atoms with Gasteiger partial charge in [-0.05, 0) is 18.6 Å². The molecule has 0 saturated carbocycles. The van der Waals surface area contributed by atoms with E-state index in [1.165, 1.54) is 0 Å². The molecule has 1 amide bonds. The second-order valence-electron chi connectivity index (χ2n) is 3.58. The van der Waals surface area contributed by atoms with Crippen molar-refractivity contribution in [3.63, 3.8) is 0 Å². The van der Waals surface area contributed by atoms with Crippen LogP contribution in [0.25, 0.3) is 0 Å². The van der Waals surface area contributed by atoms with Crippen LogP contribution in [0.15, 0.2) is 18.2 Å². The quantitative estimate of drug-likeness (QED) is 0.836. The highest BCUT2D eigenvalue weighted by molar-refractivity contribution is 6.31. The van der Waals surface area contributed by atoms with Crippen LogP contribution in [0, 0.1) is 0 Å². The molecule has 0 bridgehead atoms. The highest BCUT2D eigenvalue weighted by atomic mass is 35.5. The first-order valence-corrected chi connectivity index (χ1v) is 5.30. The molecule has 1 aromatic carbocycles.